The Kier molecular flexibility index (Phi) is 7.61. The zero-order valence-electron chi connectivity index (χ0n) is 16.4. The maximum absolute atomic E-state index is 13.0. The van der Waals surface area contributed by atoms with Gasteiger partial charge in [0.15, 0.2) is 0 Å². The molecule has 0 heterocycles. The van der Waals surface area contributed by atoms with E-state index in [9.17, 15) is 9.59 Å². The fourth-order valence-electron chi connectivity index (χ4n) is 4.03. The minimum atomic E-state index is -0.177. The summed E-state index contributed by atoms with van der Waals surface area (Å²) in [6.07, 6.45) is 7.78. The summed E-state index contributed by atoms with van der Waals surface area (Å²) >= 11 is 12.0. The molecule has 0 radical (unpaired) electrons. The number of nitrogens with one attached hydrogen (secondary N) is 1. The molecule has 0 bridgehead atoms. The van der Waals surface area contributed by atoms with Crippen LogP contribution >= 0.6 is 23.2 Å². The van der Waals surface area contributed by atoms with Gasteiger partial charge in [-0.15, -0.1) is 0 Å². The third-order valence-electron chi connectivity index (χ3n) is 5.42. The summed E-state index contributed by atoms with van der Waals surface area (Å²) in [5.41, 5.74) is 0.532. The highest BCUT2D eigenvalue weighted by molar-refractivity contribution is 6.36. The zero-order chi connectivity index (χ0) is 20.1. The van der Waals surface area contributed by atoms with Crippen LogP contribution in [-0.2, 0) is 9.59 Å². The van der Waals surface area contributed by atoms with Gasteiger partial charge in [0.25, 0.3) is 0 Å². The lowest BCUT2D eigenvalue weighted by Gasteiger charge is -2.31. The van der Waals surface area contributed by atoms with E-state index in [2.05, 4.69) is 17.1 Å². The second-order valence-corrected chi connectivity index (χ2v) is 8.70. The molecule has 2 amide bonds. The number of halogens is 2. The molecule has 3 rings (SSSR count). The van der Waals surface area contributed by atoms with Crippen LogP contribution in [0.3, 0.4) is 0 Å². The molecule has 2 aliphatic rings. The Labute approximate surface area is 177 Å². The molecule has 0 atom stereocenters. The standard InChI is InChI=1S/C21H29Cl2N3O2/c1-2-11-25(13-20(27)24-19-10-7-15(22)12-18(19)23)14-21(28)26(17-8-9-17)16-5-3-4-6-16/h7,10,12,16-17H,2-6,8-9,11,13-14H2,1H3,(H,24,27). The van der Waals surface area contributed by atoms with Crippen molar-refractivity contribution in [3.05, 3.63) is 28.2 Å². The Bertz CT molecular complexity index is 703. The van der Waals surface area contributed by atoms with Gasteiger partial charge in [0.1, 0.15) is 0 Å². The Morgan fingerprint density at radius 1 is 1.07 bits per heavy atom. The maximum Gasteiger partial charge on any atom is 0.238 e. The van der Waals surface area contributed by atoms with Crippen molar-refractivity contribution in [2.24, 2.45) is 0 Å². The van der Waals surface area contributed by atoms with Gasteiger partial charge in [0.2, 0.25) is 11.8 Å². The number of carbonyl (C=O) groups is 2. The first-order chi connectivity index (χ1) is 13.5. The van der Waals surface area contributed by atoms with E-state index in [1.807, 2.05) is 4.90 Å². The van der Waals surface area contributed by atoms with Crippen molar-refractivity contribution in [2.75, 3.05) is 25.0 Å². The number of carbonyl (C=O) groups excluding carboxylic acids is 2. The number of hydrogen-bond donors (Lipinski definition) is 1. The SMILES string of the molecule is CCCN(CC(=O)Nc1ccc(Cl)cc1Cl)CC(=O)N(C1CCCC1)C1CC1. The van der Waals surface area contributed by atoms with Crippen LogP contribution in [0.15, 0.2) is 18.2 Å². The van der Waals surface area contributed by atoms with Gasteiger partial charge in [-0.1, -0.05) is 43.0 Å². The number of benzene rings is 1. The number of nitrogens with zero attached hydrogens (tertiary/aromatic N) is 2. The van der Waals surface area contributed by atoms with E-state index < -0.39 is 0 Å². The molecule has 28 heavy (non-hydrogen) atoms. The lowest BCUT2D eigenvalue weighted by atomic mass is 10.2. The number of rotatable bonds is 9. The molecule has 0 unspecified atom stereocenters. The molecule has 154 valence electrons. The van der Waals surface area contributed by atoms with Crippen molar-refractivity contribution in [1.82, 2.24) is 9.80 Å². The highest BCUT2D eigenvalue weighted by Gasteiger charge is 2.38. The van der Waals surface area contributed by atoms with E-state index >= 15 is 0 Å². The van der Waals surface area contributed by atoms with Crippen LogP contribution in [0.1, 0.15) is 51.9 Å². The predicted molar refractivity (Wildman–Crippen MR) is 114 cm³/mol. The third-order valence-corrected chi connectivity index (χ3v) is 5.97. The lowest BCUT2D eigenvalue weighted by molar-refractivity contribution is -0.135. The molecule has 0 saturated heterocycles. The second-order valence-electron chi connectivity index (χ2n) is 7.85. The third kappa shape index (κ3) is 5.85. The van der Waals surface area contributed by atoms with Crippen LogP contribution < -0.4 is 5.32 Å². The van der Waals surface area contributed by atoms with Gasteiger partial charge in [-0.2, -0.15) is 0 Å². The molecule has 2 saturated carbocycles. The molecule has 2 fully saturated rings. The van der Waals surface area contributed by atoms with Crippen LogP contribution in [-0.4, -0.2) is 53.3 Å². The normalized spacial score (nSPS) is 17.1. The monoisotopic (exact) mass is 425 g/mol. The van der Waals surface area contributed by atoms with Crippen LogP contribution in [0.2, 0.25) is 10.0 Å². The predicted octanol–water partition coefficient (Wildman–Crippen LogP) is 4.58. The largest absolute Gasteiger partial charge is 0.336 e. The highest BCUT2D eigenvalue weighted by Crippen LogP contribution is 2.34. The fraction of sp³-hybridized carbons (Fsp3) is 0.619. The summed E-state index contributed by atoms with van der Waals surface area (Å²) in [7, 11) is 0. The topological polar surface area (TPSA) is 52.7 Å². The molecule has 1 aromatic carbocycles. The fourth-order valence-corrected chi connectivity index (χ4v) is 4.48. The van der Waals surface area contributed by atoms with Gasteiger partial charge < -0.3 is 10.2 Å². The summed E-state index contributed by atoms with van der Waals surface area (Å²) in [5.74, 6) is -0.00974. The van der Waals surface area contributed by atoms with Gasteiger partial charge in [0, 0.05) is 17.1 Å². The molecule has 2 aliphatic carbocycles. The molecule has 0 spiro atoms. The van der Waals surface area contributed by atoms with E-state index in [1.165, 1.54) is 12.8 Å². The van der Waals surface area contributed by atoms with Crippen molar-refractivity contribution < 1.29 is 9.59 Å². The van der Waals surface area contributed by atoms with E-state index in [0.717, 1.165) is 32.1 Å². The van der Waals surface area contributed by atoms with Crippen molar-refractivity contribution >= 4 is 40.7 Å². The van der Waals surface area contributed by atoms with E-state index in [4.69, 9.17) is 23.2 Å². The van der Waals surface area contributed by atoms with Crippen molar-refractivity contribution in [3.63, 3.8) is 0 Å². The smallest absolute Gasteiger partial charge is 0.238 e. The van der Waals surface area contributed by atoms with E-state index in [0.29, 0.717) is 40.9 Å². The summed E-state index contributed by atoms with van der Waals surface area (Å²) in [5, 5.41) is 3.75. The average Bonchev–Trinajstić information content (AvgIpc) is 3.31. The summed E-state index contributed by atoms with van der Waals surface area (Å²) in [6, 6.07) is 5.78. The summed E-state index contributed by atoms with van der Waals surface area (Å²) in [4.78, 5) is 29.6. The van der Waals surface area contributed by atoms with Crippen LogP contribution in [0.5, 0.6) is 0 Å². The van der Waals surface area contributed by atoms with Crippen LogP contribution in [0.25, 0.3) is 0 Å². The molecule has 5 nitrogen and oxygen atoms in total. The van der Waals surface area contributed by atoms with Crippen molar-refractivity contribution in [1.29, 1.82) is 0 Å². The average molecular weight is 426 g/mol. The van der Waals surface area contributed by atoms with Gasteiger partial charge in [-0.05, 0) is 56.8 Å². The minimum Gasteiger partial charge on any atom is -0.336 e. The Morgan fingerprint density at radius 2 is 1.75 bits per heavy atom. The second kappa shape index (κ2) is 9.95. The van der Waals surface area contributed by atoms with E-state index in [1.54, 1.807) is 18.2 Å². The summed E-state index contributed by atoms with van der Waals surface area (Å²) in [6.45, 7) is 3.22. The van der Waals surface area contributed by atoms with Crippen molar-refractivity contribution in [2.45, 2.75) is 64.0 Å². The molecular weight excluding hydrogens is 397 g/mol. The maximum atomic E-state index is 13.0. The van der Waals surface area contributed by atoms with Gasteiger partial charge in [-0.25, -0.2) is 0 Å². The first kappa shape index (κ1) is 21.4. The van der Waals surface area contributed by atoms with Gasteiger partial charge in [0.05, 0.1) is 23.8 Å². The van der Waals surface area contributed by atoms with Crippen LogP contribution in [0.4, 0.5) is 5.69 Å². The molecule has 0 aliphatic heterocycles. The summed E-state index contributed by atoms with van der Waals surface area (Å²) < 4.78 is 0. The molecule has 1 aromatic rings. The van der Waals surface area contributed by atoms with Gasteiger partial charge in [-0.3, -0.25) is 14.5 Å². The Balaban J connectivity index is 1.58. The number of amides is 2. The highest BCUT2D eigenvalue weighted by atomic mass is 35.5. The molecule has 0 aromatic heterocycles. The first-order valence-corrected chi connectivity index (χ1v) is 11.0. The molecule has 7 heteroatoms. The minimum absolute atomic E-state index is 0.167. The quantitative estimate of drug-likeness (QED) is 0.629. The number of anilines is 1. The molecule has 1 N–H and O–H groups in total. The number of hydrogen-bond acceptors (Lipinski definition) is 3. The Morgan fingerprint density at radius 3 is 2.36 bits per heavy atom. The molecular formula is C21H29Cl2N3O2. The van der Waals surface area contributed by atoms with Crippen LogP contribution in [0, 0.1) is 0 Å². The van der Waals surface area contributed by atoms with Crippen molar-refractivity contribution in [3.8, 4) is 0 Å². The van der Waals surface area contributed by atoms with Gasteiger partial charge >= 0.3 is 0 Å². The Hall–Kier alpha value is -1.30. The zero-order valence-corrected chi connectivity index (χ0v) is 17.9. The lowest BCUT2D eigenvalue weighted by Crippen LogP contribution is -2.47. The first-order valence-electron chi connectivity index (χ1n) is 10.3. The van der Waals surface area contributed by atoms with E-state index in [-0.39, 0.29) is 18.4 Å².